The van der Waals surface area contributed by atoms with Gasteiger partial charge < -0.3 is 4.74 Å². The number of rotatable bonds is 6. The molecule has 1 saturated carbocycles. The Labute approximate surface area is 123 Å². The van der Waals surface area contributed by atoms with Gasteiger partial charge in [-0.3, -0.25) is 4.79 Å². The van der Waals surface area contributed by atoms with Gasteiger partial charge in [0.2, 0.25) is 0 Å². The summed E-state index contributed by atoms with van der Waals surface area (Å²) in [5.74, 6) is 0.117. The zero-order chi connectivity index (χ0) is 15.2. The van der Waals surface area contributed by atoms with Gasteiger partial charge in [-0.1, -0.05) is 40.0 Å². The Balaban J connectivity index is 2.91. The molecule has 1 fully saturated rings. The fourth-order valence-electron chi connectivity index (χ4n) is 3.25. The van der Waals surface area contributed by atoms with E-state index in [1.165, 1.54) is 19.3 Å². The van der Waals surface area contributed by atoms with Crippen LogP contribution in [0.15, 0.2) is 0 Å². The maximum absolute atomic E-state index is 12.5. The van der Waals surface area contributed by atoms with Gasteiger partial charge in [0.05, 0.1) is 6.07 Å². The summed E-state index contributed by atoms with van der Waals surface area (Å²) in [6.45, 7) is 7.75. The van der Waals surface area contributed by atoms with E-state index in [1.807, 2.05) is 6.92 Å². The van der Waals surface area contributed by atoms with E-state index in [2.05, 4.69) is 19.9 Å². The van der Waals surface area contributed by atoms with Crippen LogP contribution >= 0.6 is 0 Å². The van der Waals surface area contributed by atoms with Crippen LogP contribution in [0.5, 0.6) is 0 Å². The second kappa shape index (κ2) is 7.11. The van der Waals surface area contributed by atoms with E-state index in [0.717, 1.165) is 25.7 Å². The topological polar surface area (TPSA) is 50.1 Å². The van der Waals surface area contributed by atoms with E-state index in [-0.39, 0.29) is 11.6 Å². The molecule has 3 heteroatoms. The number of nitrogens with zero attached hydrogens (tertiary/aromatic N) is 1. The second-order valence-electron chi connectivity index (χ2n) is 6.29. The number of hydrogen-bond donors (Lipinski definition) is 0. The highest BCUT2D eigenvalue weighted by Gasteiger charge is 2.44. The van der Waals surface area contributed by atoms with Gasteiger partial charge in [0.25, 0.3) is 0 Å². The van der Waals surface area contributed by atoms with Crippen molar-refractivity contribution in [1.29, 1.82) is 5.26 Å². The molecule has 1 aliphatic rings. The Morgan fingerprint density at radius 1 is 1.15 bits per heavy atom. The Morgan fingerprint density at radius 2 is 1.70 bits per heavy atom. The lowest BCUT2D eigenvalue weighted by Gasteiger charge is -2.42. The highest BCUT2D eigenvalue weighted by Crippen LogP contribution is 2.41. The van der Waals surface area contributed by atoms with Crippen molar-refractivity contribution in [1.82, 2.24) is 0 Å². The molecule has 114 valence electrons. The molecule has 1 unspecified atom stereocenters. The van der Waals surface area contributed by atoms with Crippen LogP contribution in [0.25, 0.3) is 0 Å². The lowest BCUT2D eigenvalue weighted by atomic mass is 9.73. The molecule has 0 bridgehead atoms. The third-order valence-electron chi connectivity index (χ3n) is 5.25. The van der Waals surface area contributed by atoms with Crippen molar-refractivity contribution in [2.45, 2.75) is 84.7 Å². The number of ether oxygens (including phenoxy) is 1. The number of esters is 1. The second-order valence-corrected chi connectivity index (χ2v) is 6.29. The maximum atomic E-state index is 12.5. The van der Waals surface area contributed by atoms with E-state index < -0.39 is 5.41 Å². The van der Waals surface area contributed by atoms with Crippen molar-refractivity contribution < 1.29 is 9.53 Å². The molecule has 0 aromatic rings. The van der Waals surface area contributed by atoms with Crippen LogP contribution in [0.2, 0.25) is 0 Å². The number of hydrogen-bond acceptors (Lipinski definition) is 3. The lowest BCUT2D eigenvalue weighted by Crippen LogP contribution is -2.45. The largest absolute Gasteiger partial charge is 0.458 e. The van der Waals surface area contributed by atoms with Crippen LogP contribution in [-0.2, 0) is 9.53 Å². The van der Waals surface area contributed by atoms with Gasteiger partial charge in [0.15, 0.2) is 5.41 Å². The van der Waals surface area contributed by atoms with Gasteiger partial charge in [0, 0.05) is 0 Å². The minimum absolute atomic E-state index is 0.336. The normalized spacial score (nSPS) is 19.9. The Hall–Kier alpha value is -1.04. The first-order chi connectivity index (χ1) is 9.48. The Bertz CT molecular complexity index is 362. The van der Waals surface area contributed by atoms with Crippen molar-refractivity contribution in [3.8, 4) is 6.07 Å². The summed E-state index contributed by atoms with van der Waals surface area (Å²) in [5, 5.41) is 9.26. The molecule has 0 amide bonds. The number of nitriles is 1. The van der Waals surface area contributed by atoms with E-state index >= 15 is 0 Å². The third kappa shape index (κ3) is 3.34. The maximum Gasteiger partial charge on any atom is 0.326 e. The van der Waals surface area contributed by atoms with Crippen LogP contribution in [0.1, 0.15) is 79.1 Å². The predicted octanol–water partition coefficient (Wildman–Crippen LogP) is 4.61. The first-order valence-corrected chi connectivity index (χ1v) is 8.12. The predicted molar refractivity (Wildman–Crippen MR) is 80.0 cm³/mol. The van der Waals surface area contributed by atoms with Crippen LogP contribution in [0.4, 0.5) is 0 Å². The molecule has 1 atom stereocenters. The average Bonchev–Trinajstić information content (AvgIpc) is 2.52. The van der Waals surface area contributed by atoms with E-state index in [1.54, 1.807) is 6.92 Å². The van der Waals surface area contributed by atoms with Gasteiger partial charge in [-0.05, 0) is 44.9 Å². The molecule has 0 radical (unpaired) electrons. The summed E-state index contributed by atoms with van der Waals surface area (Å²) in [6.07, 6.45) is 8.21. The summed E-state index contributed by atoms with van der Waals surface area (Å²) >= 11 is 0. The highest BCUT2D eigenvalue weighted by molar-refractivity contribution is 5.79. The van der Waals surface area contributed by atoms with Crippen LogP contribution in [0, 0.1) is 22.7 Å². The molecule has 0 aromatic heterocycles. The third-order valence-corrected chi connectivity index (χ3v) is 5.25. The van der Waals surface area contributed by atoms with Crippen molar-refractivity contribution in [2.24, 2.45) is 11.3 Å². The molecule has 3 nitrogen and oxygen atoms in total. The molecule has 0 aromatic carbocycles. The van der Waals surface area contributed by atoms with Gasteiger partial charge >= 0.3 is 5.97 Å². The van der Waals surface area contributed by atoms with Crippen LogP contribution < -0.4 is 0 Å². The Kier molecular flexibility index (Phi) is 6.05. The first-order valence-electron chi connectivity index (χ1n) is 8.12. The molecule has 0 heterocycles. The molecule has 0 saturated heterocycles. The van der Waals surface area contributed by atoms with Crippen molar-refractivity contribution in [3.05, 3.63) is 0 Å². The molecule has 20 heavy (non-hydrogen) atoms. The quantitative estimate of drug-likeness (QED) is 0.667. The van der Waals surface area contributed by atoms with Crippen LogP contribution in [0.3, 0.4) is 0 Å². The standard InChI is InChI=1S/C17H29NO2/c1-5-16(4,13-18)15(19)20-17(6-2,7-3)14-11-9-8-10-12-14/h14H,5-12H2,1-4H3. The smallest absolute Gasteiger partial charge is 0.326 e. The minimum Gasteiger partial charge on any atom is -0.458 e. The summed E-state index contributed by atoms with van der Waals surface area (Å²) < 4.78 is 5.96. The van der Waals surface area contributed by atoms with E-state index in [4.69, 9.17) is 4.74 Å². The zero-order valence-corrected chi connectivity index (χ0v) is 13.5. The zero-order valence-electron chi connectivity index (χ0n) is 13.5. The van der Waals surface area contributed by atoms with Gasteiger partial charge in [-0.25, -0.2) is 0 Å². The molecular weight excluding hydrogens is 250 g/mol. The Morgan fingerprint density at radius 3 is 2.10 bits per heavy atom. The van der Waals surface area contributed by atoms with Gasteiger partial charge in [-0.15, -0.1) is 0 Å². The first kappa shape index (κ1) is 17.0. The molecular formula is C17H29NO2. The summed E-state index contributed by atoms with van der Waals surface area (Å²) in [7, 11) is 0. The summed E-state index contributed by atoms with van der Waals surface area (Å²) in [6, 6.07) is 2.13. The van der Waals surface area contributed by atoms with Gasteiger partial charge in [0.1, 0.15) is 5.60 Å². The lowest BCUT2D eigenvalue weighted by molar-refractivity contribution is -0.178. The minimum atomic E-state index is -1.01. The van der Waals surface area contributed by atoms with Crippen molar-refractivity contribution >= 4 is 5.97 Å². The van der Waals surface area contributed by atoms with Crippen LogP contribution in [-0.4, -0.2) is 11.6 Å². The SMILES string of the molecule is CCC(C)(C#N)C(=O)OC(CC)(CC)C1CCCCC1. The summed E-state index contributed by atoms with van der Waals surface area (Å²) in [5.41, 5.74) is -1.38. The molecule has 0 spiro atoms. The van der Waals surface area contributed by atoms with Crippen molar-refractivity contribution in [3.63, 3.8) is 0 Å². The molecule has 1 rings (SSSR count). The monoisotopic (exact) mass is 279 g/mol. The fraction of sp³-hybridized carbons (Fsp3) is 0.882. The molecule has 0 N–H and O–H groups in total. The van der Waals surface area contributed by atoms with E-state index in [9.17, 15) is 10.1 Å². The summed E-state index contributed by atoms with van der Waals surface area (Å²) in [4.78, 5) is 12.5. The van der Waals surface area contributed by atoms with Gasteiger partial charge in [-0.2, -0.15) is 5.26 Å². The average molecular weight is 279 g/mol. The highest BCUT2D eigenvalue weighted by atomic mass is 16.6. The number of carbonyl (C=O) groups is 1. The fourth-order valence-corrected chi connectivity index (χ4v) is 3.25. The molecule has 1 aliphatic carbocycles. The van der Waals surface area contributed by atoms with E-state index in [0.29, 0.717) is 12.3 Å². The number of carbonyl (C=O) groups excluding carboxylic acids is 1. The molecule has 0 aliphatic heterocycles. The van der Waals surface area contributed by atoms with Crippen molar-refractivity contribution in [2.75, 3.05) is 0 Å².